The molecule has 1 saturated carbocycles. The molecule has 0 spiro atoms. The molecule has 3 nitrogen and oxygen atoms in total. The van der Waals surface area contributed by atoms with E-state index in [1.807, 2.05) is 0 Å². The number of hydrogen-bond donors (Lipinski definition) is 1. The zero-order valence-electron chi connectivity index (χ0n) is 14.2. The third-order valence-electron chi connectivity index (χ3n) is 5.04. The van der Waals surface area contributed by atoms with Crippen molar-refractivity contribution in [2.75, 3.05) is 18.1 Å². The first-order valence-electron chi connectivity index (χ1n) is 8.96. The summed E-state index contributed by atoms with van der Waals surface area (Å²) in [4.78, 5) is 0. The van der Waals surface area contributed by atoms with E-state index in [-0.39, 0.29) is 5.75 Å². The normalized spacial score (nSPS) is 24.9. The molecule has 0 aromatic carbocycles. The van der Waals surface area contributed by atoms with Gasteiger partial charge in [-0.15, -0.1) is 0 Å². The zero-order valence-corrected chi connectivity index (χ0v) is 15.1. The van der Waals surface area contributed by atoms with Gasteiger partial charge >= 0.3 is 0 Å². The lowest BCUT2D eigenvalue weighted by Crippen LogP contribution is -2.39. The minimum Gasteiger partial charge on any atom is -0.314 e. The van der Waals surface area contributed by atoms with Crippen LogP contribution in [0.3, 0.4) is 0 Å². The fourth-order valence-electron chi connectivity index (χ4n) is 3.57. The van der Waals surface area contributed by atoms with Gasteiger partial charge in [0.25, 0.3) is 0 Å². The van der Waals surface area contributed by atoms with Crippen LogP contribution in [-0.4, -0.2) is 32.5 Å². The molecule has 0 radical (unpaired) electrons. The summed E-state index contributed by atoms with van der Waals surface area (Å²) < 4.78 is 23.3. The summed E-state index contributed by atoms with van der Waals surface area (Å²) in [6.07, 6.45) is 9.65. The van der Waals surface area contributed by atoms with Crippen LogP contribution in [-0.2, 0) is 9.84 Å². The Balaban J connectivity index is 2.50. The Morgan fingerprint density at radius 3 is 2.57 bits per heavy atom. The molecule has 0 heterocycles. The average Bonchev–Trinajstić information content (AvgIpc) is 2.50. The minimum absolute atomic E-state index is 0.279. The van der Waals surface area contributed by atoms with E-state index in [2.05, 4.69) is 19.2 Å². The van der Waals surface area contributed by atoms with Gasteiger partial charge in [-0.05, 0) is 50.5 Å². The van der Waals surface area contributed by atoms with Gasteiger partial charge in [-0.1, -0.05) is 40.0 Å². The maximum absolute atomic E-state index is 11.6. The largest absolute Gasteiger partial charge is 0.314 e. The Hall–Kier alpha value is -0.0900. The van der Waals surface area contributed by atoms with Crippen LogP contribution in [0.1, 0.15) is 72.1 Å². The summed E-state index contributed by atoms with van der Waals surface area (Å²) in [5, 5.41) is 3.69. The molecule has 21 heavy (non-hydrogen) atoms. The number of sulfone groups is 1. The maximum atomic E-state index is 11.6. The first kappa shape index (κ1) is 19.0. The van der Waals surface area contributed by atoms with Crippen LogP contribution >= 0.6 is 0 Å². The minimum atomic E-state index is -2.81. The lowest BCUT2D eigenvalue weighted by atomic mass is 9.76. The molecule has 0 aliphatic heterocycles. The highest BCUT2D eigenvalue weighted by atomic mass is 32.2. The van der Waals surface area contributed by atoms with Crippen molar-refractivity contribution in [3.05, 3.63) is 0 Å². The van der Waals surface area contributed by atoms with Crippen molar-refractivity contribution in [3.63, 3.8) is 0 Å². The highest BCUT2D eigenvalue weighted by molar-refractivity contribution is 7.91. The molecule has 1 rings (SSSR count). The topological polar surface area (TPSA) is 46.2 Å². The van der Waals surface area contributed by atoms with E-state index in [9.17, 15) is 8.42 Å². The summed E-state index contributed by atoms with van der Waals surface area (Å²) >= 11 is 0. The van der Waals surface area contributed by atoms with Crippen molar-refractivity contribution in [1.29, 1.82) is 0 Å². The molecular formula is C17H35NO2S. The summed E-state index contributed by atoms with van der Waals surface area (Å²) in [6, 6.07) is 0.520. The molecule has 0 bridgehead atoms. The Bertz CT molecular complexity index is 367. The van der Waals surface area contributed by atoms with Gasteiger partial charge in [0.2, 0.25) is 0 Å². The first-order chi connectivity index (χ1) is 10.0. The quantitative estimate of drug-likeness (QED) is 0.667. The molecular weight excluding hydrogens is 282 g/mol. The number of hydrogen-bond acceptors (Lipinski definition) is 3. The number of rotatable bonds is 10. The van der Waals surface area contributed by atoms with Crippen LogP contribution in [0.4, 0.5) is 0 Å². The van der Waals surface area contributed by atoms with E-state index < -0.39 is 9.84 Å². The Morgan fingerprint density at radius 2 is 1.95 bits per heavy atom. The second kappa shape index (κ2) is 9.83. The Morgan fingerprint density at radius 1 is 1.19 bits per heavy atom. The second-order valence-electron chi connectivity index (χ2n) is 6.64. The summed E-state index contributed by atoms with van der Waals surface area (Å²) in [6.45, 7) is 7.30. The molecule has 126 valence electrons. The summed E-state index contributed by atoms with van der Waals surface area (Å²) in [5.74, 6) is 2.27. The molecule has 4 heteroatoms. The molecule has 1 aliphatic carbocycles. The van der Waals surface area contributed by atoms with E-state index in [1.54, 1.807) is 6.92 Å². The zero-order chi connectivity index (χ0) is 15.7. The van der Waals surface area contributed by atoms with Gasteiger partial charge in [-0.3, -0.25) is 0 Å². The molecule has 0 aromatic heterocycles. The molecule has 3 atom stereocenters. The fourth-order valence-corrected chi connectivity index (χ4v) is 4.47. The fraction of sp³-hybridized carbons (Fsp3) is 1.00. The molecule has 1 fully saturated rings. The van der Waals surface area contributed by atoms with Gasteiger partial charge in [0.1, 0.15) is 9.84 Å². The van der Waals surface area contributed by atoms with Crippen molar-refractivity contribution in [2.24, 2.45) is 11.8 Å². The van der Waals surface area contributed by atoms with Gasteiger partial charge < -0.3 is 5.32 Å². The van der Waals surface area contributed by atoms with Gasteiger partial charge in [-0.2, -0.15) is 0 Å². The van der Waals surface area contributed by atoms with Gasteiger partial charge in [0.15, 0.2) is 0 Å². The molecule has 1 N–H and O–H groups in total. The highest BCUT2D eigenvalue weighted by Crippen LogP contribution is 2.34. The van der Waals surface area contributed by atoms with E-state index in [4.69, 9.17) is 0 Å². The Labute approximate surface area is 132 Å². The van der Waals surface area contributed by atoms with Gasteiger partial charge in [-0.25, -0.2) is 8.42 Å². The van der Waals surface area contributed by atoms with Crippen LogP contribution in [0.25, 0.3) is 0 Å². The monoisotopic (exact) mass is 317 g/mol. The van der Waals surface area contributed by atoms with Crippen molar-refractivity contribution in [2.45, 2.75) is 78.2 Å². The molecule has 3 unspecified atom stereocenters. The van der Waals surface area contributed by atoms with E-state index in [1.165, 1.54) is 32.1 Å². The molecule has 0 aromatic rings. The van der Waals surface area contributed by atoms with Crippen LogP contribution in [0.2, 0.25) is 0 Å². The van der Waals surface area contributed by atoms with Gasteiger partial charge in [0.05, 0.1) is 5.75 Å². The second-order valence-corrected chi connectivity index (χ2v) is 9.11. The van der Waals surface area contributed by atoms with Gasteiger partial charge in [0, 0.05) is 11.8 Å². The van der Waals surface area contributed by atoms with Crippen LogP contribution in [0.5, 0.6) is 0 Å². The van der Waals surface area contributed by atoms with Crippen LogP contribution in [0.15, 0.2) is 0 Å². The van der Waals surface area contributed by atoms with Crippen molar-refractivity contribution >= 4 is 9.84 Å². The molecule has 1 aliphatic rings. The Kier molecular flexibility index (Phi) is 8.88. The third-order valence-corrected chi connectivity index (χ3v) is 6.83. The number of nitrogens with one attached hydrogen (secondary N) is 1. The van der Waals surface area contributed by atoms with Crippen molar-refractivity contribution in [1.82, 2.24) is 5.32 Å². The lowest BCUT2D eigenvalue weighted by Gasteiger charge is -2.35. The van der Waals surface area contributed by atoms with Crippen molar-refractivity contribution in [3.8, 4) is 0 Å². The first-order valence-corrected chi connectivity index (χ1v) is 10.8. The molecule has 0 amide bonds. The molecule has 0 saturated heterocycles. The standard InChI is InChI=1S/C17H35NO2S/c1-4-12-18-17(11-8-13-21(19,20)6-3)16-10-7-9-15(5-2)14-16/h15-18H,4-14H2,1-3H3. The predicted octanol–water partition coefficient (Wildman–Crippen LogP) is 3.79. The van der Waals surface area contributed by atoms with E-state index >= 15 is 0 Å². The van der Waals surface area contributed by atoms with Crippen LogP contribution in [0, 0.1) is 11.8 Å². The highest BCUT2D eigenvalue weighted by Gasteiger charge is 2.27. The van der Waals surface area contributed by atoms with E-state index in [0.717, 1.165) is 37.6 Å². The third kappa shape index (κ3) is 7.14. The smallest absolute Gasteiger partial charge is 0.150 e. The maximum Gasteiger partial charge on any atom is 0.150 e. The lowest BCUT2D eigenvalue weighted by molar-refractivity contribution is 0.201. The predicted molar refractivity (Wildman–Crippen MR) is 91.4 cm³/mol. The van der Waals surface area contributed by atoms with Crippen molar-refractivity contribution < 1.29 is 8.42 Å². The van der Waals surface area contributed by atoms with Crippen LogP contribution < -0.4 is 5.32 Å². The van der Waals surface area contributed by atoms with E-state index in [0.29, 0.717) is 11.8 Å². The average molecular weight is 318 g/mol. The summed E-state index contributed by atoms with van der Waals surface area (Å²) in [7, 11) is -2.81. The summed E-state index contributed by atoms with van der Waals surface area (Å²) in [5.41, 5.74) is 0. The SMILES string of the molecule is CCCNC(CCCS(=O)(=O)CC)C1CCCC(CC)C1.